The predicted octanol–water partition coefficient (Wildman–Crippen LogP) is 2.27. The number of carbonyl (C=O) groups excluding carboxylic acids is 2. The highest BCUT2D eigenvalue weighted by molar-refractivity contribution is 6.30. The number of carbonyl (C=O) groups is 2. The molecule has 0 spiro atoms. The molecule has 0 radical (unpaired) electrons. The zero-order chi connectivity index (χ0) is 17.4. The van der Waals surface area contributed by atoms with Gasteiger partial charge in [0.1, 0.15) is 0 Å². The first-order chi connectivity index (χ1) is 11.6. The van der Waals surface area contributed by atoms with Gasteiger partial charge in [-0.05, 0) is 37.0 Å². The van der Waals surface area contributed by atoms with E-state index in [1.807, 2.05) is 24.3 Å². The second-order valence-corrected chi connectivity index (χ2v) is 6.50. The van der Waals surface area contributed by atoms with E-state index in [0.717, 1.165) is 24.8 Å². The lowest BCUT2D eigenvalue weighted by Gasteiger charge is -2.24. The minimum atomic E-state index is 0.0179. The minimum absolute atomic E-state index is 0.0179. The Morgan fingerprint density at radius 2 is 1.88 bits per heavy atom. The first-order valence-electron chi connectivity index (χ1n) is 8.41. The van der Waals surface area contributed by atoms with E-state index in [-0.39, 0.29) is 17.7 Å². The second-order valence-electron chi connectivity index (χ2n) is 6.06. The highest BCUT2D eigenvalue weighted by atomic mass is 35.5. The number of rotatable bonds is 7. The Hall–Kier alpha value is -1.59. The largest absolute Gasteiger partial charge is 0.381 e. The number of benzene rings is 1. The van der Waals surface area contributed by atoms with Crippen LogP contribution < -0.4 is 5.32 Å². The molecule has 0 aromatic heterocycles. The molecular formula is C18H25ClN2O3. The molecule has 24 heavy (non-hydrogen) atoms. The normalized spacial score (nSPS) is 15.1. The Labute approximate surface area is 148 Å². The van der Waals surface area contributed by atoms with E-state index in [1.165, 1.54) is 0 Å². The number of ether oxygens (including phenoxy) is 1. The molecule has 1 aliphatic heterocycles. The molecule has 0 bridgehead atoms. The van der Waals surface area contributed by atoms with Crippen molar-refractivity contribution in [3.63, 3.8) is 0 Å². The van der Waals surface area contributed by atoms with Crippen molar-refractivity contribution in [2.24, 2.45) is 5.92 Å². The van der Waals surface area contributed by atoms with Gasteiger partial charge in [-0.1, -0.05) is 23.7 Å². The third-order valence-corrected chi connectivity index (χ3v) is 4.55. The minimum Gasteiger partial charge on any atom is -0.381 e. The van der Waals surface area contributed by atoms with Crippen molar-refractivity contribution in [3.8, 4) is 0 Å². The van der Waals surface area contributed by atoms with Crippen molar-refractivity contribution in [1.29, 1.82) is 0 Å². The summed E-state index contributed by atoms with van der Waals surface area (Å²) in [6.07, 6.45) is 2.32. The molecule has 1 saturated heterocycles. The van der Waals surface area contributed by atoms with Crippen LogP contribution in [0.4, 0.5) is 0 Å². The number of hydrogen-bond donors (Lipinski definition) is 1. The average molecular weight is 353 g/mol. The van der Waals surface area contributed by atoms with E-state index in [9.17, 15) is 9.59 Å². The van der Waals surface area contributed by atoms with Gasteiger partial charge in [0, 0.05) is 50.7 Å². The maximum absolute atomic E-state index is 12.1. The lowest BCUT2D eigenvalue weighted by molar-refractivity contribution is -0.131. The molecule has 2 rings (SSSR count). The van der Waals surface area contributed by atoms with E-state index < -0.39 is 0 Å². The Morgan fingerprint density at radius 3 is 2.50 bits per heavy atom. The van der Waals surface area contributed by atoms with Gasteiger partial charge in [-0.3, -0.25) is 9.59 Å². The van der Waals surface area contributed by atoms with Crippen LogP contribution in [0, 0.1) is 5.92 Å². The van der Waals surface area contributed by atoms with Gasteiger partial charge in [0.15, 0.2) is 0 Å². The number of halogens is 1. The predicted molar refractivity (Wildman–Crippen MR) is 94.0 cm³/mol. The van der Waals surface area contributed by atoms with Crippen LogP contribution in [0.15, 0.2) is 24.3 Å². The van der Waals surface area contributed by atoms with Gasteiger partial charge < -0.3 is 15.0 Å². The molecule has 1 heterocycles. The van der Waals surface area contributed by atoms with Gasteiger partial charge >= 0.3 is 0 Å². The summed E-state index contributed by atoms with van der Waals surface area (Å²) in [5, 5.41) is 3.64. The van der Waals surface area contributed by atoms with Gasteiger partial charge in [0.2, 0.25) is 11.8 Å². The third-order valence-electron chi connectivity index (χ3n) is 4.30. The lowest BCUT2D eigenvalue weighted by Crippen LogP contribution is -2.41. The summed E-state index contributed by atoms with van der Waals surface area (Å²) in [6.45, 7) is 4.50. The topological polar surface area (TPSA) is 58.6 Å². The molecule has 0 aliphatic carbocycles. The monoisotopic (exact) mass is 352 g/mol. The zero-order valence-corrected chi connectivity index (χ0v) is 14.8. The summed E-state index contributed by atoms with van der Waals surface area (Å²) in [4.78, 5) is 25.6. The van der Waals surface area contributed by atoms with E-state index in [2.05, 4.69) is 5.32 Å². The fraction of sp³-hybridized carbons (Fsp3) is 0.556. The van der Waals surface area contributed by atoms with Crippen LogP contribution in [0.25, 0.3) is 0 Å². The van der Waals surface area contributed by atoms with E-state index in [4.69, 9.17) is 16.3 Å². The zero-order valence-electron chi connectivity index (χ0n) is 14.1. The van der Waals surface area contributed by atoms with Crippen molar-refractivity contribution in [3.05, 3.63) is 34.9 Å². The molecule has 5 nitrogen and oxygen atoms in total. The molecule has 132 valence electrons. The molecule has 1 N–H and O–H groups in total. The molecule has 2 amide bonds. The third kappa shape index (κ3) is 6.13. The molecular weight excluding hydrogens is 328 g/mol. The average Bonchev–Trinajstić information content (AvgIpc) is 2.59. The van der Waals surface area contributed by atoms with Crippen LogP contribution in [0.5, 0.6) is 0 Å². The molecule has 1 aliphatic rings. The fourth-order valence-corrected chi connectivity index (χ4v) is 2.89. The first-order valence-corrected chi connectivity index (χ1v) is 8.79. The van der Waals surface area contributed by atoms with Crippen molar-refractivity contribution in [2.45, 2.75) is 26.2 Å². The molecule has 1 aromatic carbocycles. The van der Waals surface area contributed by atoms with Gasteiger partial charge in [0.25, 0.3) is 0 Å². The van der Waals surface area contributed by atoms with Crippen LogP contribution >= 0.6 is 11.6 Å². The molecule has 0 unspecified atom stereocenters. The fourth-order valence-electron chi connectivity index (χ4n) is 2.76. The smallest absolute Gasteiger partial charge is 0.223 e. The van der Waals surface area contributed by atoms with Crippen LogP contribution in [-0.2, 0) is 20.7 Å². The quantitative estimate of drug-likeness (QED) is 0.819. The van der Waals surface area contributed by atoms with Gasteiger partial charge in [0.05, 0.1) is 0 Å². The van der Waals surface area contributed by atoms with E-state index in [1.54, 1.807) is 11.8 Å². The number of nitrogens with zero attached hydrogens (tertiary/aromatic N) is 1. The molecule has 1 aromatic rings. The van der Waals surface area contributed by atoms with Crippen molar-refractivity contribution in [1.82, 2.24) is 10.2 Å². The highest BCUT2D eigenvalue weighted by Gasteiger charge is 2.21. The van der Waals surface area contributed by atoms with Gasteiger partial charge in [-0.25, -0.2) is 0 Å². The highest BCUT2D eigenvalue weighted by Crippen LogP contribution is 2.14. The summed E-state index contributed by atoms with van der Waals surface area (Å²) >= 11 is 5.87. The molecule has 0 saturated carbocycles. The van der Waals surface area contributed by atoms with Crippen molar-refractivity contribution < 1.29 is 14.3 Å². The van der Waals surface area contributed by atoms with Crippen molar-refractivity contribution in [2.75, 3.05) is 32.8 Å². The Morgan fingerprint density at radius 1 is 1.21 bits per heavy atom. The molecule has 6 heteroatoms. The summed E-state index contributed by atoms with van der Waals surface area (Å²) in [6, 6.07) is 7.63. The maximum Gasteiger partial charge on any atom is 0.223 e. The van der Waals surface area contributed by atoms with Crippen LogP contribution in [0.1, 0.15) is 25.3 Å². The van der Waals surface area contributed by atoms with Gasteiger partial charge in [-0.2, -0.15) is 0 Å². The van der Waals surface area contributed by atoms with Crippen LogP contribution in [-0.4, -0.2) is 49.6 Å². The number of hydrogen-bond acceptors (Lipinski definition) is 3. The Balaban J connectivity index is 1.73. The van der Waals surface area contributed by atoms with E-state index >= 15 is 0 Å². The Kier molecular flexibility index (Phi) is 7.53. The van der Waals surface area contributed by atoms with Crippen LogP contribution in [0.2, 0.25) is 5.02 Å². The number of amides is 2. The molecule has 1 fully saturated rings. The first kappa shape index (κ1) is 18.7. The summed E-state index contributed by atoms with van der Waals surface area (Å²) in [7, 11) is 0. The standard InChI is InChI=1S/C18H25ClN2O3/c1-14(22)21(10-6-15-2-4-17(19)5-3-15)11-9-20-18(23)16-7-12-24-13-8-16/h2-5,16H,6-13H2,1H3,(H,20,23). The summed E-state index contributed by atoms with van der Waals surface area (Å²) in [5.41, 5.74) is 1.14. The van der Waals surface area contributed by atoms with E-state index in [0.29, 0.717) is 37.9 Å². The second kappa shape index (κ2) is 9.64. The van der Waals surface area contributed by atoms with Crippen molar-refractivity contribution >= 4 is 23.4 Å². The van der Waals surface area contributed by atoms with Crippen LogP contribution in [0.3, 0.4) is 0 Å². The summed E-state index contributed by atoms with van der Waals surface area (Å²) in [5.74, 6) is 0.127. The molecule has 0 atom stereocenters. The maximum atomic E-state index is 12.1. The number of nitrogens with one attached hydrogen (secondary N) is 1. The van der Waals surface area contributed by atoms with Gasteiger partial charge in [-0.15, -0.1) is 0 Å². The Bertz CT molecular complexity index is 542. The summed E-state index contributed by atoms with van der Waals surface area (Å²) < 4.78 is 5.26. The lowest BCUT2D eigenvalue weighted by atomic mass is 9.99. The SMILES string of the molecule is CC(=O)N(CCNC(=O)C1CCOCC1)CCc1ccc(Cl)cc1.